The van der Waals surface area contributed by atoms with Crippen LogP contribution >= 0.6 is 11.6 Å². The fraction of sp³-hybridized carbons (Fsp3) is 0.486. The van der Waals surface area contributed by atoms with Gasteiger partial charge in [-0.05, 0) is 55.8 Å². The van der Waals surface area contributed by atoms with Crippen LogP contribution in [0.1, 0.15) is 55.0 Å². The smallest absolute Gasteiger partial charge is 0.318 e. The molecule has 4 aliphatic rings. The van der Waals surface area contributed by atoms with Gasteiger partial charge in [0.1, 0.15) is 5.82 Å². The lowest BCUT2D eigenvalue weighted by atomic mass is 9.94. The number of anilines is 1. The molecular formula is C35H38ClFN6O3. The van der Waals surface area contributed by atoms with Crippen molar-refractivity contribution in [2.45, 2.75) is 57.3 Å². The van der Waals surface area contributed by atoms with Gasteiger partial charge in [0.05, 0.1) is 43.5 Å². The van der Waals surface area contributed by atoms with Gasteiger partial charge in [0.15, 0.2) is 5.83 Å². The van der Waals surface area contributed by atoms with Gasteiger partial charge in [-0.1, -0.05) is 48.5 Å². The van der Waals surface area contributed by atoms with E-state index in [1.165, 1.54) is 17.7 Å². The molecule has 0 radical (unpaired) electrons. The zero-order chi connectivity index (χ0) is 31.8. The Morgan fingerprint density at radius 1 is 1.15 bits per heavy atom. The lowest BCUT2D eigenvalue weighted by molar-refractivity contribution is -0.131. The molecule has 46 heavy (non-hydrogen) atoms. The molecule has 1 saturated carbocycles. The molecular weight excluding hydrogens is 607 g/mol. The van der Waals surface area contributed by atoms with Gasteiger partial charge < -0.3 is 24.2 Å². The van der Waals surface area contributed by atoms with E-state index in [1.54, 1.807) is 0 Å². The molecule has 11 heteroatoms. The van der Waals surface area contributed by atoms with Crippen molar-refractivity contribution in [1.82, 2.24) is 19.8 Å². The minimum atomic E-state index is -1.03. The monoisotopic (exact) mass is 644 g/mol. The molecule has 2 aromatic carbocycles. The van der Waals surface area contributed by atoms with E-state index in [1.807, 2.05) is 30.3 Å². The Morgan fingerprint density at radius 2 is 1.93 bits per heavy atom. The van der Waals surface area contributed by atoms with E-state index >= 15 is 0 Å². The molecule has 1 aromatic heterocycles. The van der Waals surface area contributed by atoms with Crippen LogP contribution in [-0.4, -0.2) is 77.6 Å². The zero-order valence-corrected chi connectivity index (χ0v) is 26.6. The number of carbonyl (C=O) groups is 1. The molecule has 9 nitrogen and oxygen atoms in total. The van der Waals surface area contributed by atoms with Crippen LogP contribution in [0.4, 0.5) is 10.2 Å². The minimum absolute atomic E-state index is 0.0611. The van der Waals surface area contributed by atoms with Gasteiger partial charge in [-0.3, -0.25) is 4.79 Å². The average Bonchev–Trinajstić information content (AvgIpc) is 3.64. The number of carbonyl (C=O) groups excluding carboxylic acids is 1. The number of ether oxygens (including phenoxy) is 2. The number of halogens is 2. The first-order valence-corrected chi connectivity index (χ1v) is 16.5. The minimum Gasteiger partial charge on any atom is -0.463 e. The highest BCUT2D eigenvalue weighted by Gasteiger charge is 2.45. The van der Waals surface area contributed by atoms with Crippen LogP contribution in [0.5, 0.6) is 6.01 Å². The SMILES string of the molecule is C=C(F)C(=O)N1CCN(c2nc(OCC3(CN4CCCC4)CC3)nc3c2CO[C@@H](c2cccc4cccc(Cl)c24)C3)C[C@@H]1CC#N. The van der Waals surface area contributed by atoms with Gasteiger partial charge in [0.25, 0.3) is 5.91 Å². The molecule has 4 heterocycles. The van der Waals surface area contributed by atoms with Gasteiger partial charge in [0, 0.05) is 54.0 Å². The third-order valence-electron chi connectivity index (χ3n) is 9.92. The number of hydrogen-bond acceptors (Lipinski definition) is 8. The summed E-state index contributed by atoms with van der Waals surface area (Å²) in [6.07, 6.45) is 5.07. The topological polar surface area (TPSA) is 94.8 Å². The van der Waals surface area contributed by atoms with Crippen molar-refractivity contribution in [3.63, 3.8) is 0 Å². The van der Waals surface area contributed by atoms with Crippen LogP contribution in [0, 0.1) is 16.7 Å². The second-order valence-corrected chi connectivity index (χ2v) is 13.5. The van der Waals surface area contributed by atoms with Gasteiger partial charge in [-0.2, -0.15) is 15.2 Å². The second kappa shape index (κ2) is 12.8. The Morgan fingerprint density at radius 3 is 2.67 bits per heavy atom. The number of aromatic nitrogens is 2. The molecule has 3 aromatic rings. The number of piperazine rings is 1. The van der Waals surface area contributed by atoms with Crippen molar-refractivity contribution < 1.29 is 18.7 Å². The predicted octanol–water partition coefficient (Wildman–Crippen LogP) is 5.77. The molecule has 2 atom stereocenters. The summed E-state index contributed by atoms with van der Waals surface area (Å²) in [5, 5.41) is 12.2. The molecule has 0 N–H and O–H groups in total. The third kappa shape index (κ3) is 6.16. The van der Waals surface area contributed by atoms with Crippen molar-refractivity contribution in [3.8, 4) is 12.1 Å². The number of nitrogens with zero attached hydrogens (tertiary/aromatic N) is 6. The molecule has 0 spiro atoms. The van der Waals surface area contributed by atoms with Crippen molar-refractivity contribution in [2.24, 2.45) is 5.41 Å². The summed E-state index contributed by atoms with van der Waals surface area (Å²) in [6.45, 7) is 8.31. The van der Waals surface area contributed by atoms with Gasteiger partial charge in [-0.15, -0.1) is 0 Å². The maximum absolute atomic E-state index is 13.9. The average molecular weight is 645 g/mol. The van der Waals surface area contributed by atoms with E-state index in [-0.39, 0.29) is 31.1 Å². The van der Waals surface area contributed by atoms with E-state index in [4.69, 9.17) is 31.0 Å². The fourth-order valence-corrected chi connectivity index (χ4v) is 7.55. The van der Waals surface area contributed by atoms with Crippen LogP contribution in [0.15, 0.2) is 48.8 Å². The van der Waals surface area contributed by atoms with Crippen LogP contribution in [0.2, 0.25) is 5.02 Å². The maximum Gasteiger partial charge on any atom is 0.318 e. The van der Waals surface area contributed by atoms with Crippen molar-refractivity contribution in [1.29, 1.82) is 5.26 Å². The van der Waals surface area contributed by atoms with E-state index in [0.29, 0.717) is 43.0 Å². The summed E-state index contributed by atoms with van der Waals surface area (Å²) in [6, 6.07) is 14.0. The van der Waals surface area contributed by atoms with Gasteiger partial charge in [0.2, 0.25) is 0 Å². The molecule has 0 bridgehead atoms. The summed E-state index contributed by atoms with van der Waals surface area (Å²) in [5.41, 5.74) is 2.84. The van der Waals surface area contributed by atoms with Gasteiger partial charge in [-0.25, -0.2) is 4.39 Å². The fourth-order valence-electron chi connectivity index (χ4n) is 7.26. The number of benzene rings is 2. The van der Waals surface area contributed by atoms with E-state index in [9.17, 15) is 14.4 Å². The molecule has 1 amide bonds. The summed E-state index contributed by atoms with van der Waals surface area (Å²) < 4.78 is 26.8. The first-order valence-electron chi connectivity index (χ1n) is 16.1. The van der Waals surface area contributed by atoms with E-state index in [2.05, 4.69) is 28.5 Å². The van der Waals surface area contributed by atoms with Crippen molar-refractivity contribution >= 4 is 34.1 Å². The largest absolute Gasteiger partial charge is 0.463 e. The number of likely N-dealkylation sites (tertiary alicyclic amines) is 1. The highest BCUT2D eigenvalue weighted by atomic mass is 35.5. The summed E-state index contributed by atoms with van der Waals surface area (Å²) in [5.74, 6) is -1.13. The number of fused-ring (bicyclic) bond motifs is 2. The van der Waals surface area contributed by atoms with Crippen LogP contribution < -0.4 is 9.64 Å². The van der Waals surface area contributed by atoms with Gasteiger partial charge >= 0.3 is 6.01 Å². The summed E-state index contributed by atoms with van der Waals surface area (Å²) in [4.78, 5) is 28.4. The molecule has 3 fully saturated rings. The number of rotatable bonds is 9. The standard InChI is InChI=1S/C35H38ClFN6O3/c1-23(37)33(44)43-17-16-42(19-25(43)10-13-38)32-27-20-45-30(26-8-4-6-24-7-5-9-28(36)31(24)26)18-29(27)39-34(40-32)46-22-35(11-12-35)21-41-14-2-3-15-41/h4-9,25,30H,1-3,10-12,14-22H2/t25-,30+/m0/s1. The Bertz CT molecular complexity index is 1700. The van der Waals surface area contributed by atoms with Crippen molar-refractivity contribution in [2.75, 3.05) is 50.8 Å². The Kier molecular flexibility index (Phi) is 8.57. The third-order valence-corrected chi connectivity index (χ3v) is 10.2. The predicted molar refractivity (Wildman–Crippen MR) is 173 cm³/mol. The lowest BCUT2D eigenvalue weighted by Gasteiger charge is -2.42. The molecule has 2 saturated heterocycles. The molecule has 7 rings (SSSR count). The highest BCUT2D eigenvalue weighted by molar-refractivity contribution is 6.35. The van der Waals surface area contributed by atoms with Crippen LogP contribution in [-0.2, 0) is 22.6 Å². The molecule has 1 aliphatic carbocycles. The molecule has 0 unspecified atom stereocenters. The number of hydrogen-bond donors (Lipinski definition) is 0. The highest BCUT2D eigenvalue weighted by Crippen LogP contribution is 2.47. The summed E-state index contributed by atoms with van der Waals surface area (Å²) >= 11 is 6.69. The number of amides is 1. The Balaban J connectivity index is 1.20. The first kappa shape index (κ1) is 30.9. The van der Waals surface area contributed by atoms with Crippen LogP contribution in [0.3, 0.4) is 0 Å². The normalized spacial score (nSPS) is 22.4. The molecule has 240 valence electrons. The van der Waals surface area contributed by atoms with E-state index in [0.717, 1.165) is 60.1 Å². The second-order valence-electron chi connectivity index (χ2n) is 13.1. The quantitative estimate of drug-likeness (QED) is 0.271. The van der Waals surface area contributed by atoms with E-state index < -0.39 is 17.8 Å². The Hall–Kier alpha value is -3.78. The molecule has 3 aliphatic heterocycles. The summed E-state index contributed by atoms with van der Waals surface area (Å²) in [7, 11) is 0. The first-order chi connectivity index (χ1) is 22.3. The zero-order valence-electron chi connectivity index (χ0n) is 25.9. The van der Waals surface area contributed by atoms with Crippen LogP contribution in [0.25, 0.3) is 10.8 Å². The number of nitriles is 1. The van der Waals surface area contributed by atoms with Crippen molar-refractivity contribution in [3.05, 3.63) is 70.6 Å². The maximum atomic E-state index is 13.9. The lowest BCUT2D eigenvalue weighted by Crippen LogP contribution is -2.55. The Labute approximate surface area is 273 Å².